The average molecular weight is 264 g/mol. The Morgan fingerprint density at radius 2 is 2.16 bits per heavy atom. The molecule has 4 nitrogen and oxygen atoms in total. The van der Waals surface area contributed by atoms with Crippen molar-refractivity contribution in [2.75, 3.05) is 7.11 Å². The Morgan fingerprint density at radius 3 is 2.79 bits per heavy atom. The van der Waals surface area contributed by atoms with Crippen LogP contribution in [-0.2, 0) is 19.1 Å². The smallest absolute Gasteiger partial charge is 0.324 e. The minimum Gasteiger partial charge on any atom is -0.468 e. The molecule has 0 spiro atoms. The number of methoxy groups -OCH3 is 1. The summed E-state index contributed by atoms with van der Waals surface area (Å²) in [5, 5.41) is 0. The van der Waals surface area contributed by atoms with Crippen molar-refractivity contribution < 1.29 is 19.1 Å². The quantitative estimate of drug-likeness (QED) is 0.413. The van der Waals surface area contributed by atoms with Crippen LogP contribution in [0.2, 0.25) is 0 Å². The van der Waals surface area contributed by atoms with E-state index in [0.29, 0.717) is 12.3 Å². The van der Waals surface area contributed by atoms with Gasteiger partial charge in [-0.2, -0.15) is 0 Å². The highest BCUT2D eigenvalue weighted by molar-refractivity contribution is 6.02. The fourth-order valence-electron chi connectivity index (χ4n) is 4.36. The molecule has 3 rings (SSSR count). The molecule has 3 aliphatic rings. The molecular weight excluding hydrogens is 244 g/mol. The molecule has 4 heteroatoms. The molecular formula is C15H20O4. The van der Waals surface area contributed by atoms with Crippen LogP contribution in [0.3, 0.4) is 0 Å². The molecule has 19 heavy (non-hydrogen) atoms. The van der Waals surface area contributed by atoms with Crippen molar-refractivity contribution in [2.45, 2.75) is 39.2 Å². The van der Waals surface area contributed by atoms with Gasteiger partial charge in [0.2, 0.25) is 0 Å². The third-order valence-corrected chi connectivity index (χ3v) is 5.90. The molecule has 0 amide bonds. The highest BCUT2D eigenvalue weighted by Gasteiger charge is 2.70. The van der Waals surface area contributed by atoms with Gasteiger partial charge in [-0.15, -0.1) is 0 Å². The SMILES string of the molecule is C=C1[C@H]2[C@@H]3C[C@H](C)[C@@]1(C)CC[C@]2(C(=O)OC)C(=O)O3. The average Bonchev–Trinajstić information content (AvgIpc) is 2.67. The fraction of sp³-hybridized carbons (Fsp3) is 0.733. The zero-order valence-corrected chi connectivity index (χ0v) is 11.7. The van der Waals surface area contributed by atoms with Crippen molar-refractivity contribution in [3.05, 3.63) is 12.2 Å². The minimum atomic E-state index is -1.13. The van der Waals surface area contributed by atoms with Crippen LogP contribution in [0.5, 0.6) is 0 Å². The summed E-state index contributed by atoms with van der Waals surface area (Å²) in [7, 11) is 1.33. The van der Waals surface area contributed by atoms with Gasteiger partial charge in [-0.25, -0.2) is 0 Å². The van der Waals surface area contributed by atoms with Crippen LogP contribution in [0.1, 0.15) is 33.1 Å². The molecule has 3 fully saturated rings. The number of esters is 2. The van der Waals surface area contributed by atoms with Crippen LogP contribution >= 0.6 is 0 Å². The zero-order valence-electron chi connectivity index (χ0n) is 11.7. The first-order chi connectivity index (χ1) is 8.87. The van der Waals surface area contributed by atoms with E-state index in [4.69, 9.17) is 9.47 Å². The Kier molecular flexibility index (Phi) is 2.42. The first-order valence-corrected chi connectivity index (χ1v) is 6.86. The van der Waals surface area contributed by atoms with E-state index in [0.717, 1.165) is 18.4 Å². The molecule has 0 aromatic carbocycles. The van der Waals surface area contributed by atoms with Gasteiger partial charge in [0.1, 0.15) is 6.10 Å². The molecule has 1 saturated heterocycles. The van der Waals surface area contributed by atoms with Crippen molar-refractivity contribution in [1.29, 1.82) is 0 Å². The van der Waals surface area contributed by atoms with Gasteiger partial charge in [-0.1, -0.05) is 26.0 Å². The zero-order chi connectivity index (χ0) is 14.0. The Bertz CT molecular complexity index is 483. The lowest BCUT2D eigenvalue weighted by atomic mass is 9.48. The Balaban J connectivity index is 2.13. The monoisotopic (exact) mass is 264 g/mol. The first kappa shape index (κ1) is 12.7. The molecule has 2 saturated carbocycles. The van der Waals surface area contributed by atoms with Crippen LogP contribution in [0.15, 0.2) is 12.2 Å². The third kappa shape index (κ3) is 1.25. The van der Waals surface area contributed by atoms with Gasteiger partial charge < -0.3 is 9.47 Å². The summed E-state index contributed by atoms with van der Waals surface area (Å²) in [6.45, 7) is 8.59. The van der Waals surface area contributed by atoms with Gasteiger partial charge in [0.05, 0.1) is 7.11 Å². The van der Waals surface area contributed by atoms with Gasteiger partial charge in [-0.3, -0.25) is 9.59 Å². The molecule has 1 aliphatic heterocycles. The maximum atomic E-state index is 12.3. The largest absolute Gasteiger partial charge is 0.468 e. The van der Waals surface area contributed by atoms with Crippen LogP contribution < -0.4 is 0 Å². The molecule has 0 N–H and O–H groups in total. The molecule has 2 aliphatic carbocycles. The summed E-state index contributed by atoms with van der Waals surface area (Å²) >= 11 is 0. The maximum Gasteiger partial charge on any atom is 0.324 e. The molecule has 2 bridgehead atoms. The highest BCUT2D eigenvalue weighted by Crippen LogP contribution is 2.64. The molecule has 0 aromatic rings. The van der Waals surface area contributed by atoms with Crippen molar-refractivity contribution in [1.82, 2.24) is 0 Å². The predicted molar refractivity (Wildman–Crippen MR) is 68.1 cm³/mol. The fourth-order valence-corrected chi connectivity index (χ4v) is 4.36. The van der Waals surface area contributed by atoms with Crippen molar-refractivity contribution in [3.8, 4) is 0 Å². The van der Waals surface area contributed by atoms with Crippen LogP contribution in [0, 0.1) is 22.7 Å². The van der Waals surface area contributed by atoms with Crippen molar-refractivity contribution >= 4 is 11.9 Å². The molecule has 0 aromatic heterocycles. The van der Waals surface area contributed by atoms with Crippen molar-refractivity contribution in [3.63, 3.8) is 0 Å². The number of fused-ring (bicyclic) bond motifs is 1. The van der Waals surface area contributed by atoms with Gasteiger partial charge in [0.15, 0.2) is 5.41 Å². The lowest BCUT2D eigenvalue weighted by Crippen LogP contribution is -2.54. The number of hydrogen-bond acceptors (Lipinski definition) is 4. The second-order valence-electron chi connectivity index (χ2n) is 6.46. The summed E-state index contributed by atoms with van der Waals surface area (Å²) in [4.78, 5) is 24.5. The van der Waals surface area contributed by atoms with Crippen molar-refractivity contribution in [2.24, 2.45) is 22.7 Å². The van der Waals surface area contributed by atoms with Crippen LogP contribution in [0.25, 0.3) is 0 Å². The summed E-state index contributed by atoms with van der Waals surface area (Å²) in [6.07, 6.45) is 1.91. The lowest BCUT2D eigenvalue weighted by molar-refractivity contribution is -0.166. The molecule has 104 valence electrons. The van der Waals surface area contributed by atoms with Gasteiger partial charge in [-0.05, 0) is 30.6 Å². The van der Waals surface area contributed by atoms with E-state index in [9.17, 15) is 9.59 Å². The second kappa shape index (κ2) is 3.62. The topological polar surface area (TPSA) is 52.6 Å². The van der Waals surface area contributed by atoms with Gasteiger partial charge >= 0.3 is 11.9 Å². The highest BCUT2D eigenvalue weighted by atomic mass is 16.6. The predicted octanol–water partition coefficient (Wildman–Crippen LogP) is 2.08. The second-order valence-corrected chi connectivity index (χ2v) is 6.46. The lowest BCUT2D eigenvalue weighted by Gasteiger charge is -2.53. The number of hydrogen-bond donors (Lipinski definition) is 0. The van der Waals surface area contributed by atoms with E-state index in [1.54, 1.807) is 0 Å². The molecule has 0 radical (unpaired) electrons. The summed E-state index contributed by atoms with van der Waals surface area (Å²) in [5.74, 6) is -0.653. The standard InChI is InChI=1S/C15H20O4/c1-8-7-10-11-9(2)14(8,3)5-6-15(11,12(16)18-4)13(17)19-10/h8,10-11H,2,5-7H2,1,3-4H3/t8-,10-,11-,14+,15-/m0/s1. The van der Waals surface area contributed by atoms with E-state index < -0.39 is 17.4 Å². The first-order valence-electron chi connectivity index (χ1n) is 6.86. The summed E-state index contributed by atoms with van der Waals surface area (Å²) in [6, 6.07) is 0. The van der Waals surface area contributed by atoms with Gasteiger partial charge in [0.25, 0.3) is 0 Å². The van der Waals surface area contributed by atoms with E-state index in [1.807, 2.05) is 0 Å². The van der Waals surface area contributed by atoms with E-state index in [2.05, 4.69) is 20.4 Å². The summed E-state index contributed by atoms with van der Waals surface area (Å²) < 4.78 is 10.4. The number of carbonyl (C=O) groups is 2. The van der Waals surface area contributed by atoms with Gasteiger partial charge in [0, 0.05) is 5.92 Å². The number of rotatable bonds is 1. The van der Waals surface area contributed by atoms with E-state index in [-0.39, 0.29) is 17.4 Å². The van der Waals surface area contributed by atoms with E-state index in [1.165, 1.54) is 7.11 Å². The third-order valence-electron chi connectivity index (χ3n) is 5.90. The molecule has 0 unspecified atom stereocenters. The molecule has 5 atom stereocenters. The number of ether oxygens (including phenoxy) is 2. The van der Waals surface area contributed by atoms with Crippen LogP contribution in [0.4, 0.5) is 0 Å². The van der Waals surface area contributed by atoms with E-state index >= 15 is 0 Å². The Morgan fingerprint density at radius 1 is 1.47 bits per heavy atom. The van der Waals surface area contributed by atoms with Crippen LogP contribution in [-0.4, -0.2) is 25.2 Å². The normalized spacial score (nSPS) is 47.8. The molecule has 1 heterocycles. The number of carbonyl (C=O) groups excluding carboxylic acids is 2. The summed E-state index contributed by atoms with van der Waals surface area (Å²) in [5.41, 5.74) is -0.123. The Labute approximate surface area is 113 Å². The minimum absolute atomic E-state index is 0.00662. The maximum absolute atomic E-state index is 12.3. The Hall–Kier alpha value is -1.32.